The smallest absolute Gasteiger partial charge is 0.138 e. The standard InChI is InChI=1S/C12H14BrClN4/c1-15-11(6-12-16-7-17-18(12)2)9-4-3-8(14)5-10(9)13/h3-5,7,11,15H,6H2,1-2H3. The molecule has 1 aromatic heterocycles. The quantitative estimate of drug-likeness (QED) is 0.938. The molecular formula is C12H14BrClN4. The average Bonchev–Trinajstić information content (AvgIpc) is 2.73. The molecule has 0 aliphatic heterocycles. The van der Waals surface area contributed by atoms with Crippen LogP contribution in [0.2, 0.25) is 5.02 Å². The molecule has 1 aromatic carbocycles. The predicted octanol–water partition coefficient (Wildman–Crippen LogP) is 2.73. The Labute approximate surface area is 119 Å². The van der Waals surface area contributed by atoms with Crippen molar-refractivity contribution in [3.05, 3.63) is 45.4 Å². The van der Waals surface area contributed by atoms with Gasteiger partial charge in [0.15, 0.2) is 0 Å². The first-order valence-corrected chi connectivity index (χ1v) is 6.74. The molecule has 0 aliphatic rings. The third-order valence-corrected chi connectivity index (χ3v) is 3.80. The van der Waals surface area contributed by atoms with E-state index in [1.165, 1.54) is 0 Å². The Hall–Kier alpha value is -0.910. The SMILES string of the molecule is CNC(Cc1ncnn1C)c1ccc(Cl)cc1Br. The van der Waals surface area contributed by atoms with E-state index >= 15 is 0 Å². The van der Waals surface area contributed by atoms with Crippen molar-refractivity contribution in [1.82, 2.24) is 20.1 Å². The number of benzene rings is 1. The maximum atomic E-state index is 5.96. The third-order valence-electron chi connectivity index (χ3n) is 2.88. The van der Waals surface area contributed by atoms with E-state index in [0.29, 0.717) is 0 Å². The normalized spacial score (nSPS) is 12.7. The van der Waals surface area contributed by atoms with Gasteiger partial charge in [-0.05, 0) is 24.7 Å². The van der Waals surface area contributed by atoms with Gasteiger partial charge in [-0.25, -0.2) is 4.98 Å². The minimum atomic E-state index is 0.166. The molecule has 6 heteroatoms. The number of aryl methyl sites for hydroxylation is 1. The fraction of sp³-hybridized carbons (Fsp3) is 0.333. The maximum Gasteiger partial charge on any atom is 0.138 e. The molecule has 0 bridgehead atoms. The molecule has 4 nitrogen and oxygen atoms in total. The first-order chi connectivity index (χ1) is 8.61. The lowest BCUT2D eigenvalue weighted by Gasteiger charge is -2.17. The molecule has 0 saturated carbocycles. The van der Waals surface area contributed by atoms with E-state index in [0.717, 1.165) is 27.3 Å². The van der Waals surface area contributed by atoms with Crippen molar-refractivity contribution in [3.8, 4) is 0 Å². The summed E-state index contributed by atoms with van der Waals surface area (Å²) in [5, 5.41) is 8.09. The van der Waals surface area contributed by atoms with Crippen molar-refractivity contribution in [1.29, 1.82) is 0 Å². The summed E-state index contributed by atoms with van der Waals surface area (Å²) in [5.41, 5.74) is 1.16. The summed E-state index contributed by atoms with van der Waals surface area (Å²) in [5.74, 6) is 0.941. The summed E-state index contributed by atoms with van der Waals surface area (Å²) < 4.78 is 2.78. The van der Waals surface area contributed by atoms with E-state index < -0.39 is 0 Å². The number of nitrogens with one attached hydrogen (secondary N) is 1. The minimum absolute atomic E-state index is 0.166. The van der Waals surface area contributed by atoms with Gasteiger partial charge in [0.1, 0.15) is 12.2 Å². The van der Waals surface area contributed by atoms with E-state index in [1.54, 1.807) is 11.0 Å². The van der Waals surface area contributed by atoms with Gasteiger partial charge in [-0.2, -0.15) is 5.10 Å². The van der Waals surface area contributed by atoms with Crippen LogP contribution in [0, 0.1) is 0 Å². The zero-order valence-electron chi connectivity index (χ0n) is 10.2. The molecular weight excluding hydrogens is 316 g/mol. The zero-order chi connectivity index (χ0) is 13.1. The molecule has 1 N–H and O–H groups in total. The monoisotopic (exact) mass is 328 g/mol. The highest BCUT2D eigenvalue weighted by Gasteiger charge is 2.16. The van der Waals surface area contributed by atoms with Gasteiger partial charge in [-0.1, -0.05) is 33.6 Å². The summed E-state index contributed by atoms with van der Waals surface area (Å²) >= 11 is 9.50. The number of hydrogen-bond acceptors (Lipinski definition) is 3. The van der Waals surface area contributed by atoms with Gasteiger partial charge in [0.05, 0.1) is 0 Å². The van der Waals surface area contributed by atoms with Crippen LogP contribution in [-0.2, 0) is 13.5 Å². The molecule has 2 aromatic rings. The number of aromatic nitrogens is 3. The van der Waals surface area contributed by atoms with Crippen LogP contribution in [0.5, 0.6) is 0 Å². The Morgan fingerprint density at radius 3 is 2.83 bits per heavy atom. The van der Waals surface area contributed by atoms with Crippen molar-refractivity contribution >= 4 is 27.5 Å². The Morgan fingerprint density at radius 1 is 1.50 bits per heavy atom. The van der Waals surface area contributed by atoms with Gasteiger partial charge in [0, 0.05) is 29.0 Å². The van der Waals surface area contributed by atoms with E-state index in [4.69, 9.17) is 11.6 Å². The Kier molecular flexibility index (Phi) is 4.37. The van der Waals surface area contributed by atoms with Crippen molar-refractivity contribution in [2.45, 2.75) is 12.5 Å². The number of nitrogens with zero attached hydrogens (tertiary/aromatic N) is 3. The van der Waals surface area contributed by atoms with E-state index in [9.17, 15) is 0 Å². The molecule has 0 spiro atoms. The average molecular weight is 330 g/mol. The van der Waals surface area contributed by atoms with E-state index in [-0.39, 0.29) is 6.04 Å². The molecule has 18 heavy (non-hydrogen) atoms. The molecule has 0 saturated heterocycles. The van der Waals surface area contributed by atoms with Crippen LogP contribution in [0.1, 0.15) is 17.4 Å². The number of halogens is 2. The van der Waals surface area contributed by atoms with Gasteiger partial charge in [0.2, 0.25) is 0 Å². The number of hydrogen-bond donors (Lipinski definition) is 1. The lowest BCUT2D eigenvalue weighted by Crippen LogP contribution is -2.21. The second kappa shape index (κ2) is 5.82. The maximum absolute atomic E-state index is 5.96. The van der Waals surface area contributed by atoms with Crippen molar-refractivity contribution in [3.63, 3.8) is 0 Å². The predicted molar refractivity (Wildman–Crippen MR) is 75.7 cm³/mol. The molecule has 96 valence electrons. The lowest BCUT2D eigenvalue weighted by atomic mass is 10.0. The molecule has 0 amide bonds. The van der Waals surface area contributed by atoms with Crippen LogP contribution in [0.15, 0.2) is 29.0 Å². The van der Waals surface area contributed by atoms with Gasteiger partial charge >= 0.3 is 0 Å². The van der Waals surface area contributed by atoms with Crippen molar-refractivity contribution in [2.75, 3.05) is 7.05 Å². The molecule has 1 unspecified atom stereocenters. The number of rotatable bonds is 4. The molecule has 0 aliphatic carbocycles. The molecule has 2 rings (SSSR count). The van der Waals surface area contributed by atoms with Crippen LogP contribution in [-0.4, -0.2) is 21.8 Å². The van der Waals surface area contributed by atoms with Gasteiger partial charge in [-0.15, -0.1) is 0 Å². The number of likely N-dealkylation sites (N-methyl/N-ethyl adjacent to an activating group) is 1. The Bertz CT molecular complexity index is 541. The van der Waals surface area contributed by atoms with E-state index in [1.807, 2.05) is 32.3 Å². The molecule has 1 heterocycles. The molecule has 0 fully saturated rings. The van der Waals surface area contributed by atoms with Gasteiger partial charge < -0.3 is 5.32 Å². The van der Waals surface area contributed by atoms with Gasteiger partial charge in [-0.3, -0.25) is 4.68 Å². The third kappa shape index (κ3) is 2.91. The molecule has 1 atom stereocenters. The topological polar surface area (TPSA) is 42.7 Å². The minimum Gasteiger partial charge on any atom is -0.313 e. The second-order valence-corrected chi connectivity index (χ2v) is 5.30. The fourth-order valence-electron chi connectivity index (χ4n) is 1.84. The van der Waals surface area contributed by atoms with Crippen molar-refractivity contribution in [2.24, 2.45) is 7.05 Å². The largest absolute Gasteiger partial charge is 0.313 e. The summed E-state index contributed by atoms with van der Waals surface area (Å²) in [6.07, 6.45) is 2.34. The van der Waals surface area contributed by atoms with Crippen molar-refractivity contribution < 1.29 is 0 Å². The first-order valence-electron chi connectivity index (χ1n) is 5.57. The summed E-state index contributed by atoms with van der Waals surface area (Å²) in [6.45, 7) is 0. The fourth-order valence-corrected chi connectivity index (χ4v) is 2.80. The highest BCUT2D eigenvalue weighted by atomic mass is 79.9. The first kappa shape index (κ1) is 13.5. The lowest BCUT2D eigenvalue weighted by molar-refractivity contribution is 0.551. The summed E-state index contributed by atoms with van der Waals surface area (Å²) in [4.78, 5) is 4.25. The summed E-state index contributed by atoms with van der Waals surface area (Å²) in [7, 11) is 3.83. The second-order valence-electron chi connectivity index (χ2n) is 4.01. The van der Waals surface area contributed by atoms with Crippen LogP contribution < -0.4 is 5.32 Å². The summed E-state index contributed by atoms with van der Waals surface area (Å²) in [6, 6.07) is 5.98. The highest BCUT2D eigenvalue weighted by Crippen LogP contribution is 2.28. The highest BCUT2D eigenvalue weighted by molar-refractivity contribution is 9.10. The Morgan fingerprint density at radius 2 is 2.28 bits per heavy atom. The molecule has 0 radical (unpaired) electrons. The van der Waals surface area contributed by atoms with Crippen LogP contribution in [0.25, 0.3) is 0 Å². The van der Waals surface area contributed by atoms with Crippen LogP contribution in [0.3, 0.4) is 0 Å². The van der Waals surface area contributed by atoms with E-state index in [2.05, 4.69) is 31.3 Å². The zero-order valence-corrected chi connectivity index (χ0v) is 12.5. The van der Waals surface area contributed by atoms with Gasteiger partial charge in [0.25, 0.3) is 0 Å². The van der Waals surface area contributed by atoms with Crippen LogP contribution in [0.4, 0.5) is 0 Å². The van der Waals surface area contributed by atoms with Crippen LogP contribution >= 0.6 is 27.5 Å². The Balaban J connectivity index is 2.26.